The molecule has 11 nitrogen and oxygen atoms in total. The van der Waals surface area contributed by atoms with E-state index in [-0.39, 0.29) is 12.1 Å². The second-order valence-electron chi connectivity index (χ2n) is 10.8. The minimum atomic E-state index is -2.59. The second-order valence-corrected chi connectivity index (χ2v) is 13.7. The van der Waals surface area contributed by atoms with Crippen LogP contribution in [0.25, 0.3) is 16.9 Å². The van der Waals surface area contributed by atoms with Gasteiger partial charge in [0.1, 0.15) is 17.0 Å². The zero-order chi connectivity index (χ0) is 29.3. The first kappa shape index (κ1) is 28.5. The van der Waals surface area contributed by atoms with Crippen molar-refractivity contribution in [3.63, 3.8) is 0 Å². The highest BCUT2D eigenvalue weighted by molar-refractivity contribution is 8.02. The fraction of sp³-hybridized carbons (Fsp3) is 0.379. The van der Waals surface area contributed by atoms with E-state index in [1.165, 1.54) is 22.0 Å². The van der Waals surface area contributed by atoms with Gasteiger partial charge in [0.15, 0.2) is 11.5 Å². The predicted molar refractivity (Wildman–Crippen MR) is 167 cm³/mol. The maximum Gasteiger partial charge on any atom is 0.278 e. The molecule has 1 aliphatic carbocycles. The third-order valence-corrected chi connectivity index (χ3v) is 7.85. The minimum absolute atomic E-state index is 0.244. The summed E-state index contributed by atoms with van der Waals surface area (Å²) in [4.78, 5) is 29.5. The van der Waals surface area contributed by atoms with Gasteiger partial charge >= 0.3 is 0 Å². The molecule has 5 rings (SSSR count). The maximum absolute atomic E-state index is 13.3. The lowest BCUT2D eigenvalue weighted by Crippen LogP contribution is -2.33. The molecule has 0 saturated heterocycles. The number of hydrogen-bond donors (Lipinski definition) is 3. The van der Waals surface area contributed by atoms with Gasteiger partial charge in [0.2, 0.25) is 5.95 Å². The molecule has 3 aromatic heterocycles. The number of fused-ring (bicyclic) bond motifs is 2. The van der Waals surface area contributed by atoms with Crippen LogP contribution in [0, 0.1) is 0 Å². The van der Waals surface area contributed by atoms with E-state index in [1.807, 2.05) is 13.0 Å². The smallest absolute Gasteiger partial charge is 0.278 e. The lowest BCUT2D eigenvalue weighted by atomic mass is 9.86. The van der Waals surface area contributed by atoms with Gasteiger partial charge in [0, 0.05) is 36.5 Å². The fourth-order valence-corrected chi connectivity index (χ4v) is 5.91. The first-order valence-corrected chi connectivity index (χ1v) is 16.3. The molecular formula is C29H38N8O3S. The third-order valence-electron chi connectivity index (χ3n) is 7.09. The molecular weight excluding hydrogens is 540 g/mol. The van der Waals surface area contributed by atoms with Crippen LogP contribution < -0.4 is 20.3 Å². The largest absolute Gasteiger partial charge is 0.494 e. The summed E-state index contributed by atoms with van der Waals surface area (Å²) in [6.45, 7) is 6.61. The molecule has 41 heavy (non-hydrogen) atoms. The highest BCUT2D eigenvalue weighted by Crippen LogP contribution is 2.35. The highest BCUT2D eigenvalue weighted by atomic mass is 32.3. The number of allylic oxidation sites excluding steroid dienone is 1. The van der Waals surface area contributed by atoms with Crippen molar-refractivity contribution in [2.45, 2.75) is 38.8 Å². The monoisotopic (exact) mass is 578 g/mol. The Bertz CT molecular complexity index is 1700. The first-order chi connectivity index (χ1) is 19.6. The number of aromatic nitrogens is 5. The van der Waals surface area contributed by atoms with Crippen molar-refractivity contribution in [2.75, 3.05) is 43.3 Å². The van der Waals surface area contributed by atoms with Gasteiger partial charge in [0.05, 0.1) is 13.2 Å². The number of hydrogen-bond acceptors (Lipinski definition) is 8. The molecule has 1 aromatic carbocycles. The van der Waals surface area contributed by atoms with Gasteiger partial charge < -0.3 is 19.7 Å². The Morgan fingerprint density at radius 1 is 1.24 bits per heavy atom. The molecule has 0 fully saturated rings. The van der Waals surface area contributed by atoms with Crippen molar-refractivity contribution in [1.82, 2.24) is 29.2 Å². The average molecular weight is 579 g/mol. The normalized spacial score (nSPS) is 15.5. The van der Waals surface area contributed by atoms with Crippen LogP contribution >= 0.6 is 0 Å². The third kappa shape index (κ3) is 6.03. The van der Waals surface area contributed by atoms with Crippen LogP contribution in [0.4, 0.5) is 17.5 Å². The van der Waals surface area contributed by atoms with E-state index >= 15 is 0 Å². The molecule has 12 heteroatoms. The summed E-state index contributed by atoms with van der Waals surface area (Å²) in [7, 11) is 1.65. The Hall–Kier alpha value is -4.03. The van der Waals surface area contributed by atoms with Crippen molar-refractivity contribution in [1.29, 1.82) is 0 Å². The van der Waals surface area contributed by atoms with Gasteiger partial charge in [-0.2, -0.15) is 4.98 Å². The lowest BCUT2D eigenvalue weighted by molar-refractivity contribution is 0.261. The predicted octanol–water partition coefficient (Wildman–Crippen LogP) is 3.33. The quantitative estimate of drug-likeness (QED) is 0.194. The van der Waals surface area contributed by atoms with Crippen molar-refractivity contribution in [3.8, 4) is 11.6 Å². The highest BCUT2D eigenvalue weighted by Gasteiger charge is 2.24. The molecule has 1 unspecified atom stereocenters. The minimum Gasteiger partial charge on any atom is -0.494 e. The van der Waals surface area contributed by atoms with Crippen LogP contribution in [0.2, 0.25) is 0 Å². The number of aryl methyl sites for hydroxylation is 1. The molecule has 0 aliphatic heterocycles. The van der Waals surface area contributed by atoms with Crippen molar-refractivity contribution < 1.29 is 8.95 Å². The summed E-state index contributed by atoms with van der Waals surface area (Å²) < 4.78 is 24.5. The SMILES string of the molecule is C=CCn1c(=O)c2cnc(Nc3cc4c(c(OCC)c3)CC(N(C)C)CC4)nc2n1-c1cccc(N[SH](C)(C)=O)n1. The van der Waals surface area contributed by atoms with Gasteiger partial charge in [0.25, 0.3) is 5.56 Å². The molecule has 0 amide bonds. The van der Waals surface area contributed by atoms with Crippen LogP contribution in [0.3, 0.4) is 0 Å². The number of thiol groups is 1. The van der Waals surface area contributed by atoms with E-state index in [1.54, 1.807) is 41.5 Å². The number of nitrogens with zero attached hydrogens (tertiary/aromatic N) is 6. The molecule has 2 N–H and O–H groups in total. The van der Waals surface area contributed by atoms with Crippen LogP contribution in [-0.2, 0) is 29.5 Å². The standard InChI is InChI=1S/C29H38N8O3S/c1-7-14-36-28(38)23-18-30-29(33-27(23)37(36)26-11-9-10-25(32-26)34-41(5,6)39)31-20-15-19-12-13-21(35(3)4)17-22(19)24(16-20)40-8-2/h7,9-11,15-16,18,21,41H,1,8,12-14,17H2,2-6H3,(H,30,31,33)(H,32,34,39). The van der Waals surface area contributed by atoms with E-state index in [0.717, 1.165) is 30.7 Å². The zero-order valence-electron chi connectivity index (χ0n) is 24.2. The van der Waals surface area contributed by atoms with Gasteiger partial charge in [-0.1, -0.05) is 12.1 Å². The van der Waals surface area contributed by atoms with E-state index < -0.39 is 10.1 Å². The summed E-state index contributed by atoms with van der Waals surface area (Å²) in [5.74, 6) is 2.10. The van der Waals surface area contributed by atoms with Gasteiger partial charge in [-0.05, 0) is 79.7 Å². The van der Waals surface area contributed by atoms with E-state index in [2.05, 4.69) is 51.6 Å². The summed E-state index contributed by atoms with van der Waals surface area (Å²) >= 11 is 0. The molecule has 1 aliphatic rings. The van der Waals surface area contributed by atoms with E-state index in [9.17, 15) is 9.00 Å². The second kappa shape index (κ2) is 11.5. The fourth-order valence-electron chi connectivity index (χ4n) is 5.23. The molecule has 3 heterocycles. The number of ether oxygens (including phenoxy) is 1. The topological polar surface area (TPSA) is 119 Å². The Morgan fingerprint density at radius 3 is 2.76 bits per heavy atom. The summed E-state index contributed by atoms with van der Waals surface area (Å²) in [5, 5.41) is 3.69. The summed E-state index contributed by atoms with van der Waals surface area (Å²) in [5.41, 5.74) is 3.46. The van der Waals surface area contributed by atoms with E-state index in [4.69, 9.17) is 9.72 Å². The summed E-state index contributed by atoms with van der Waals surface area (Å²) in [6.07, 6.45) is 9.40. The van der Waals surface area contributed by atoms with E-state index in [0.29, 0.717) is 41.3 Å². The number of nitrogens with one attached hydrogen (secondary N) is 2. The van der Waals surface area contributed by atoms with Gasteiger partial charge in [-0.3, -0.25) is 9.00 Å². The molecule has 0 bridgehead atoms. The Labute approximate surface area is 240 Å². The van der Waals surface area contributed by atoms with Crippen LogP contribution in [0.5, 0.6) is 5.75 Å². The van der Waals surface area contributed by atoms with Crippen molar-refractivity contribution >= 4 is 38.6 Å². The number of likely N-dealkylation sites (N-methyl/N-ethyl adjacent to an activating group) is 1. The Balaban J connectivity index is 1.57. The van der Waals surface area contributed by atoms with Crippen LogP contribution in [-0.4, -0.2) is 72.7 Å². The molecule has 0 saturated carbocycles. The number of anilines is 3. The lowest BCUT2D eigenvalue weighted by Gasteiger charge is -2.31. The molecule has 0 radical (unpaired) electrons. The first-order valence-electron chi connectivity index (χ1n) is 13.7. The van der Waals surface area contributed by atoms with Gasteiger partial charge in [-0.15, -0.1) is 6.58 Å². The number of rotatable bonds is 10. The average Bonchev–Trinajstić information content (AvgIpc) is 3.18. The zero-order valence-corrected chi connectivity index (χ0v) is 25.1. The van der Waals surface area contributed by atoms with Gasteiger partial charge in [-0.25, -0.2) is 19.3 Å². The van der Waals surface area contributed by atoms with Crippen LogP contribution in [0.15, 0.2) is 54.0 Å². The number of pyridine rings is 1. The molecule has 0 spiro atoms. The molecule has 4 aromatic rings. The Kier molecular flexibility index (Phi) is 7.96. The van der Waals surface area contributed by atoms with Crippen LogP contribution in [0.1, 0.15) is 24.5 Å². The van der Waals surface area contributed by atoms with Crippen molar-refractivity contribution in [2.24, 2.45) is 0 Å². The van der Waals surface area contributed by atoms with Crippen molar-refractivity contribution in [3.05, 3.63) is 70.7 Å². The maximum atomic E-state index is 13.3. The number of benzene rings is 1. The Morgan fingerprint density at radius 2 is 2.05 bits per heavy atom. The summed E-state index contributed by atoms with van der Waals surface area (Å²) in [6, 6.07) is 9.91. The molecule has 1 atom stereocenters. The molecule has 218 valence electrons.